The van der Waals surface area contributed by atoms with Crippen molar-refractivity contribution in [1.82, 2.24) is 9.80 Å². The topological polar surface area (TPSA) is 43.9 Å². The van der Waals surface area contributed by atoms with Gasteiger partial charge in [0.1, 0.15) is 0 Å². The third kappa shape index (κ3) is 3.56. The molecule has 2 saturated heterocycles. The highest BCUT2D eigenvalue weighted by Crippen LogP contribution is 2.52. The van der Waals surface area contributed by atoms with Crippen LogP contribution in [0.4, 0.5) is 5.69 Å². The summed E-state index contributed by atoms with van der Waals surface area (Å²) in [6.07, 6.45) is 3.17. The summed E-state index contributed by atoms with van der Waals surface area (Å²) in [5.41, 5.74) is 1.59. The number of piperazine rings is 1. The van der Waals surface area contributed by atoms with Gasteiger partial charge in [-0.25, -0.2) is 0 Å². The van der Waals surface area contributed by atoms with Crippen LogP contribution >= 0.6 is 0 Å². The normalized spacial score (nSPS) is 29.7. The van der Waals surface area contributed by atoms with Crippen LogP contribution in [0.25, 0.3) is 0 Å². The molecular formula is C22H31N3O2. The zero-order valence-corrected chi connectivity index (χ0v) is 16.8. The number of carbonyl (C=O) groups is 2. The van der Waals surface area contributed by atoms with Crippen LogP contribution in [0.1, 0.15) is 40.0 Å². The first-order chi connectivity index (χ1) is 12.8. The smallest absolute Gasteiger partial charge is 0.312 e. The SMILES string of the molecule is CC1(C)CC2CC(C)(CN2C(=O)C(=O)N2CCN(c3ccccc3)CC2)C1. The number of amides is 2. The Balaban J connectivity index is 1.39. The Hall–Kier alpha value is -2.04. The van der Waals surface area contributed by atoms with Gasteiger partial charge in [-0.1, -0.05) is 39.0 Å². The third-order valence-corrected chi connectivity index (χ3v) is 6.55. The van der Waals surface area contributed by atoms with E-state index >= 15 is 0 Å². The Morgan fingerprint density at radius 1 is 0.926 bits per heavy atom. The average Bonchev–Trinajstić information content (AvgIpc) is 2.90. The highest BCUT2D eigenvalue weighted by atomic mass is 16.2. The molecule has 1 saturated carbocycles. The lowest BCUT2D eigenvalue weighted by Crippen LogP contribution is -2.54. The van der Waals surface area contributed by atoms with Crippen LogP contribution in [0.2, 0.25) is 0 Å². The Bertz CT molecular complexity index is 724. The summed E-state index contributed by atoms with van der Waals surface area (Å²) in [5.74, 6) is -0.591. The lowest BCUT2D eigenvalue weighted by atomic mass is 9.65. The molecule has 2 bridgehead atoms. The molecule has 1 aromatic rings. The van der Waals surface area contributed by atoms with Crippen LogP contribution in [0.3, 0.4) is 0 Å². The highest BCUT2D eigenvalue weighted by molar-refractivity contribution is 6.35. The zero-order valence-electron chi connectivity index (χ0n) is 16.8. The summed E-state index contributed by atoms with van der Waals surface area (Å²) in [5, 5.41) is 0. The molecule has 4 rings (SSSR count). The number of para-hydroxylation sites is 1. The van der Waals surface area contributed by atoms with Crippen molar-refractivity contribution in [2.75, 3.05) is 37.6 Å². The van der Waals surface area contributed by atoms with Crippen LogP contribution in [-0.4, -0.2) is 60.4 Å². The first-order valence-electron chi connectivity index (χ1n) is 10.2. The van der Waals surface area contributed by atoms with Crippen molar-refractivity contribution in [2.45, 2.75) is 46.1 Å². The minimum Gasteiger partial charge on any atom is -0.368 e. The van der Waals surface area contributed by atoms with Gasteiger partial charge < -0.3 is 14.7 Å². The predicted octanol–water partition coefficient (Wildman–Crippen LogP) is 2.76. The Kier molecular flexibility index (Phi) is 4.44. The molecular weight excluding hydrogens is 338 g/mol. The number of carbonyl (C=O) groups excluding carboxylic acids is 2. The highest BCUT2D eigenvalue weighted by Gasteiger charge is 2.52. The number of rotatable bonds is 1. The van der Waals surface area contributed by atoms with E-state index in [9.17, 15) is 9.59 Å². The number of fused-ring (bicyclic) bond motifs is 2. The van der Waals surface area contributed by atoms with Gasteiger partial charge in [-0.15, -0.1) is 0 Å². The zero-order chi connectivity index (χ0) is 19.2. The quantitative estimate of drug-likeness (QED) is 0.715. The molecule has 2 amide bonds. The van der Waals surface area contributed by atoms with Gasteiger partial charge in [-0.05, 0) is 42.2 Å². The summed E-state index contributed by atoms with van der Waals surface area (Å²) >= 11 is 0. The number of benzene rings is 1. The van der Waals surface area contributed by atoms with E-state index in [1.54, 1.807) is 4.90 Å². The molecule has 0 radical (unpaired) electrons. The van der Waals surface area contributed by atoms with Crippen LogP contribution < -0.4 is 4.90 Å². The molecule has 146 valence electrons. The standard InChI is InChI=1S/C22H31N3O2/c1-21(2)13-18-14-22(3,15-21)16-25(18)20(27)19(26)24-11-9-23(10-12-24)17-7-5-4-6-8-17/h4-8,18H,9-16H2,1-3H3. The number of hydrogen-bond acceptors (Lipinski definition) is 3. The van der Waals surface area contributed by atoms with E-state index in [-0.39, 0.29) is 28.7 Å². The molecule has 5 heteroatoms. The largest absolute Gasteiger partial charge is 0.368 e. The Morgan fingerprint density at radius 3 is 2.26 bits per heavy atom. The van der Waals surface area contributed by atoms with Gasteiger partial charge in [0.25, 0.3) is 0 Å². The fourth-order valence-electron chi connectivity index (χ4n) is 5.76. The molecule has 2 heterocycles. The number of likely N-dealkylation sites (tertiary alicyclic amines) is 1. The first-order valence-corrected chi connectivity index (χ1v) is 10.2. The van der Waals surface area contributed by atoms with E-state index in [0.717, 1.165) is 38.9 Å². The third-order valence-electron chi connectivity index (χ3n) is 6.55. The van der Waals surface area contributed by atoms with Gasteiger partial charge in [-0.3, -0.25) is 9.59 Å². The van der Waals surface area contributed by atoms with Gasteiger partial charge in [-0.2, -0.15) is 0 Å². The second kappa shape index (κ2) is 6.54. The van der Waals surface area contributed by atoms with Crippen LogP contribution in [-0.2, 0) is 9.59 Å². The molecule has 2 unspecified atom stereocenters. The van der Waals surface area contributed by atoms with Gasteiger partial charge in [0.05, 0.1) is 0 Å². The lowest BCUT2D eigenvalue weighted by Gasteiger charge is -2.39. The molecule has 1 aliphatic carbocycles. The maximum Gasteiger partial charge on any atom is 0.312 e. The number of hydrogen-bond donors (Lipinski definition) is 0. The van der Waals surface area contributed by atoms with Gasteiger partial charge >= 0.3 is 11.8 Å². The van der Waals surface area contributed by atoms with Crippen LogP contribution in [0.5, 0.6) is 0 Å². The summed E-state index contributed by atoms with van der Waals surface area (Å²) in [6, 6.07) is 10.5. The molecule has 1 aromatic carbocycles. The second-order valence-electron chi connectivity index (χ2n) is 9.76. The second-order valence-corrected chi connectivity index (χ2v) is 9.76. The molecule has 0 spiro atoms. The van der Waals surface area contributed by atoms with E-state index in [4.69, 9.17) is 0 Å². The van der Waals surface area contributed by atoms with Gasteiger partial charge in [0, 0.05) is 44.5 Å². The van der Waals surface area contributed by atoms with Crippen molar-refractivity contribution in [2.24, 2.45) is 10.8 Å². The maximum absolute atomic E-state index is 13.0. The van der Waals surface area contributed by atoms with Crippen molar-refractivity contribution < 1.29 is 9.59 Å². The predicted molar refractivity (Wildman–Crippen MR) is 106 cm³/mol. The average molecular weight is 370 g/mol. The van der Waals surface area contributed by atoms with Gasteiger partial charge in [0.15, 0.2) is 0 Å². The molecule has 3 aliphatic rings. The molecule has 0 N–H and O–H groups in total. The molecule has 27 heavy (non-hydrogen) atoms. The fourth-order valence-corrected chi connectivity index (χ4v) is 5.76. The van der Waals surface area contributed by atoms with E-state index in [0.29, 0.717) is 13.1 Å². The molecule has 2 atom stereocenters. The number of anilines is 1. The van der Waals surface area contributed by atoms with Crippen molar-refractivity contribution in [1.29, 1.82) is 0 Å². The molecule has 2 aliphatic heterocycles. The summed E-state index contributed by atoms with van der Waals surface area (Å²) in [4.78, 5) is 31.8. The van der Waals surface area contributed by atoms with E-state index in [2.05, 4.69) is 37.8 Å². The van der Waals surface area contributed by atoms with E-state index in [1.807, 2.05) is 23.1 Å². The van der Waals surface area contributed by atoms with Crippen LogP contribution in [0, 0.1) is 10.8 Å². The lowest BCUT2D eigenvalue weighted by molar-refractivity contribution is -0.152. The molecule has 3 fully saturated rings. The summed E-state index contributed by atoms with van der Waals surface area (Å²) in [6.45, 7) is 10.4. The summed E-state index contributed by atoms with van der Waals surface area (Å²) in [7, 11) is 0. The Morgan fingerprint density at radius 2 is 1.59 bits per heavy atom. The monoisotopic (exact) mass is 369 g/mol. The maximum atomic E-state index is 13.0. The fraction of sp³-hybridized carbons (Fsp3) is 0.636. The van der Waals surface area contributed by atoms with Crippen molar-refractivity contribution >= 4 is 17.5 Å². The van der Waals surface area contributed by atoms with Gasteiger partial charge in [0.2, 0.25) is 0 Å². The number of nitrogens with zero attached hydrogens (tertiary/aromatic N) is 3. The van der Waals surface area contributed by atoms with Crippen molar-refractivity contribution in [3.63, 3.8) is 0 Å². The van der Waals surface area contributed by atoms with E-state index in [1.165, 1.54) is 5.69 Å². The minimum atomic E-state index is -0.309. The minimum absolute atomic E-state index is 0.161. The molecule has 0 aromatic heterocycles. The van der Waals surface area contributed by atoms with Crippen molar-refractivity contribution in [3.05, 3.63) is 30.3 Å². The van der Waals surface area contributed by atoms with Crippen LogP contribution in [0.15, 0.2) is 30.3 Å². The first kappa shape index (κ1) is 18.3. The summed E-state index contributed by atoms with van der Waals surface area (Å²) < 4.78 is 0. The van der Waals surface area contributed by atoms with Crippen molar-refractivity contribution in [3.8, 4) is 0 Å². The Labute approximate surface area is 162 Å². The van der Waals surface area contributed by atoms with E-state index < -0.39 is 0 Å². The molecule has 5 nitrogen and oxygen atoms in total.